The molecule has 25 heavy (non-hydrogen) atoms. The smallest absolute Gasteiger partial charge is 0.271 e. The fourth-order valence-corrected chi connectivity index (χ4v) is 2.77. The number of hydrogen-bond acceptors (Lipinski definition) is 4. The van der Waals surface area contributed by atoms with Gasteiger partial charge in [-0.05, 0) is 35.4 Å². The monoisotopic (exact) mass is 356 g/mol. The average Bonchev–Trinajstić information content (AvgIpc) is 2.59. The summed E-state index contributed by atoms with van der Waals surface area (Å²) >= 11 is 6.00. The van der Waals surface area contributed by atoms with Crippen LogP contribution in [0.15, 0.2) is 48.5 Å². The molecule has 0 saturated carbocycles. The minimum atomic E-state index is -0.603. The number of nitro groups is 1. The molecule has 1 amide bonds. The third-order valence-corrected chi connectivity index (χ3v) is 4.26. The van der Waals surface area contributed by atoms with Crippen molar-refractivity contribution in [3.05, 3.63) is 74.8 Å². The first kappa shape index (κ1) is 16.7. The predicted octanol–water partition coefficient (Wildman–Crippen LogP) is 4.67. The molecule has 3 aromatic rings. The minimum absolute atomic E-state index is 0.0683. The molecule has 3 aromatic carbocycles. The second kappa shape index (κ2) is 6.41. The number of fused-ring (bicyclic) bond motifs is 1. The van der Waals surface area contributed by atoms with Crippen molar-refractivity contribution in [3.8, 4) is 5.75 Å². The summed E-state index contributed by atoms with van der Waals surface area (Å²) in [6, 6.07) is 12.7. The van der Waals surface area contributed by atoms with E-state index in [0.717, 1.165) is 10.8 Å². The van der Waals surface area contributed by atoms with Crippen LogP contribution in [0, 0.1) is 17.0 Å². The molecule has 0 bridgehead atoms. The molecule has 0 unspecified atom stereocenters. The van der Waals surface area contributed by atoms with E-state index in [1.165, 1.54) is 18.2 Å². The van der Waals surface area contributed by atoms with Crippen molar-refractivity contribution in [2.45, 2.75) is 6.92 Å². The van der Waals surface area contributed by atoms with Gasteiger partial charge >= 0.3 is 0 Å². The average molecular weight is 357 g/mol. The molecule has 0 aliphatic carbocycles. The molecule has 0 saturated heterocycles. The Bertz CT molecular complexity index is 1020. The quantitative estimate of drug-likeness (QED) is 0.527. The number of carbonyl (C=O) groups excluding carboxylic acids is 1. The molecule has 0 spiro atoms. The second-order valence-electron chi connectivity index (χ2n) is 5.49. The fourth-order valence-electron chi connectivity index (χ4n) is 2.60. The summed E-state index contributed by atoms with van der Waals surface area (Å²) in [4.78, 5) is 22.9. The fraction of sp³-hybridized carbons (Fsp3) is 0.0556. The third-order valence-electron chi connectivity index (χ3n) is 3.93. The zero-order valence-electron chi connectivity index (χ0n) is 13.1. The number of amides is 1. The lowest BCUT2D eigenvalue weighted by atomic mass is 10.00. The Morgan fingerprint density at radius 1 is 1.20 bits per heavy atom. The highest BCUT2D eigenvalue weighted by atomic mass is 35.5. The van der Waals surface area contributed by atoms with Crippen molar-refractivity contribution in [2.75, 3.05) is 5.32 Å². The number of non-ortho nitro benzene ring substituents is 1. The SMILES string of the molecule is Cc1c(O)c(C(=O)Nc2cc([N+](=O)[O-])ccc2Cl)cc2ccccc12. The summed E-state index contributed by atoms with van der Waals surface area (Å²) in [5.41, 5.74) is 0.553. The van der Waals surface area contributed by atoms with Crippen LogP contribution in [-0.4, -0.2) is 15.9 Å². The van der Waals surface area contributed by atoms with Crippen molar-refractivity contribution in [1.29, 1.82) is 0 Å². The third kappa shape index (κ3) is 3.12. The summed E-state index contributed by atoms with van der Waals surface area (Å²) in [6.07, 6.45) is 0. The van der Waals surface area contributed by atoms with E-state index in [0.29, 0.717) is 5.56 Å². The number of carbonyl (C=O) groups is 1. The number of nitro benzene ring substituents is 1. The number of aromatic hydroxyl groups is 1. The molecule has 0 aromatic heterocycles. The standard InChI is InChI=1S/C18H13ClN2O4/c1-10-13-5-3-2-4-11(13)8-14(17(10)22)18(23)20-16-9-12(21(24)25)6-7-15(16)19/h2-9,22H,1H3,(H,20,23). The number of rotatable bonds is 3. The van der Waals surface area contributed by atoms with Crippen LogP contribution in [0.3, 0.4) is 0 Å². The van der Waals surface area contributed by atoms with Gasteiger partial charge in [0.15, 0.2) is 0 Å². The molecular formula is C18H13ClN2O4. The van der Waals surface area contributed by atoms with Crippen LogP contribution < -0.4 is 5.32 Å². The highest BCUT2D eigenvalue weighted by molar-refractivity contribution is 6.34. The van der Waals surface area contributed by atoms with Gasteiger partial charge in [-0.3, -0.25) is 14.9 Å². The van der Waals surface area contributed by atoms with Crippen molar-refractivity contribution < 1.29 is 14.8 Å². The van der Waals surface area contributed by atoms with Gasteiger partial charge in [-0.25, -0.2) is 0 Å². The van der Waals surface area contributed by atoms with Crippen LogP contribution in [-0.2, 0) is 0 Å². The summed E-state index contributed by atoms with van der Waals surface area (Å²) in [6.45, 7) is 1.72. The first-order valence-corrected chi connectivity index (χ1v) is 7.73. The molecule has 0 fully saturated rings. The Morgan fingerprint density at radius 3 is 2.64 bits per heavy atom. The molecular weight excluding hydrogens is 344 g/mol. The maximum atomic E-state index is 12.6. The van der Waals surface area contributed by atoms with E-state index < -0.39 is 10.8 Å². The first-order chi connectivity index (χ1) is 11.9. The van der Waals surface area contributed by atoms with E-state index >= 15 is 0 Å². The Balaban J connectivity index is 2.02. The van der Waals surface area contributed by atoms with Crippen molar-refractivity contribution in [3.63, 3.8) is 0 Å². The van der Waals surface area contributed by atoms with Crippen LogP contribution in [0.4, 0.5) is 11.4 Å². The Hall–Kier alpha value is -3.12. The van der Waals surface area contributed by atoms with E-state index in [2.05, 4.69) is 5.32 Å². The molecule has 3 rings (SSSR count). The number of nitrogens with zero attached hydrogens (tertiary/aromatic N) is 1. The van der Waals surface area contributed by atoms with Crippen LogP contribution in [0.2, 0.25) is 5.02 Å². The molecule has 2 N–H and O–H groups in total. The number of benzene rings is 3. The molecule has 0 aliphatic rings. The lowest BCUT2D eigenvalue weighted by Crippen LogP contribution is -2.13. The number of hydrogen-bond donors (Lipinski definition) is 2. The van der Waals surface area contributed by atoms with E-state index in [1.54, 1.807) is 13.0 Å². The highest BCUT2D eigenvalue weighted by Crippen LogP contribution is 2.32. The van der Waals surface area contributed by atoms with Gasteiger partial charge in [-0.2, -0.15) is 0 Å². The van der Waals surface area contributed by atoms with Gasteiger partial charge in [0.1, 0.15) is 5.75 Å². The molecule has 0 atom stereocenters. The van der Waals surface area contributed by atoms with Gasteiger partial charge in [0.05, 0.1) is 21.2 Å². The lowest BCUT2D eigenvalue weighted by molar-refractivity contribution is -0.384. The normalized spacial score (nSPS) is 10.6. The largest absolute Gasteiger partial charge is 0.507 e. The molecule has 0 heterocycles. The predicted molar refractivity (Wildman–Crippen MR) is 96.4 cm³/mol. The second-order valence-corrected chi connectivity index (χ2v) is 5.90. The van der Waals surface area contributed by atoms with E-state index in [-0.39, 0.29) is 27.7 Å². The minimum Gasteiger partial charge on any atom is -0.507 e. The van der Waals surface area contributed by atoms with Gasteiger partial charge in [0, 0.05) is 12.1 Å². The van der Waals surface area contributed by atoms with Crippen molar-refractivity contribution in [2.24, 2.45) is 0 Å². The number of phenols is 1. The van der Waals surface area contributed by atoms with Crippen LogP contribution in [0.25, 0.3) is 10.8 Å². The van der Waals surface area contributed by atoms with E-state index in [9.17, 15) is 20.0 Å². The van der Waals surface area contributed by atoms with Gasteiger partial charge < -0.3 is 10.4 Å². The van der Waals surface area contributed by atoms with Crippen molar-refractivity contribution >= 4 is 39.7 Å². The number of halogens is 1. The number of aryl methyl sites for hydroxylation is 1. The Kier molecular flexibility index (Phi) is 4.29. The number of anilines is 1. The zero-order valence-corrected chi connectivity index (χ0v) is 13.9. The van der Waals surface area contributed by atoms with Crippen LogP contribution >= 0.6 is 11.6 Å². The van der Waals surface area contributed by atoms with Gasteiger partial charge in [0.25, 0.3) is 11.6 Å². The zero-order chi connectivity index (χ0) is 18.1. The topological polar surface area (TPSA) is 92.5 Å². The summed E-state index contributed by atoms with van der Waals surface area (Å²) in [5.74, 6) is -0.744. The van der Waals surface area contributed by atoms with Crippen LogP contribution in [0.5, 0.6) is 5.75 Å². The summed E-state index contributed by atoms with van der Waals surface area (Å²) in [5, 5.41) is 25.5. The number of nitrogens with one attached hydrogen (secondary N) is 1. The van der Waals surface area contributed by atoms with Gasteiger partial charge in [0.2, 0.25) is 0 Å². The maximum Gasteiger partial charge on any atom is 0.271 e. The van der Waals surface area contributed by atoms with E-state index in [4.69, 9.17) is 11.6 Å². The molecule has 0 radical (unpaired) electrons. The summed E-state index contributed by atoms with van der Waals surface area (Å²) in [7, 11) is 0. The molecule has 7 heteroatoms. The number of phenolic OH excluding ortho intramolecular Hbond substituents is 1. The molecule has 6 nitrogen and oxygen atoms in total. The lowest BCUT2D eigenvalue weighted by Gasteiger charge is -2.12. The Morgan fingerprint density at radius 2 is 1.92 bits per heavy atom. The first-order valence-electron chi connectivity index (χ1n) is 7.35. The van der Waals surface area contributed by atoms with Crippen molar-refractivity contribution in [1.82, 2.24) is 0 Å². The van der Waals surface area contributed by atoms with Crippen LogP contribution in [0.1, 0.15) is 15.9 Å². The van der Waals surface area contributed by atoms with Gasteiger partial charge in [-0.15, -0.1) is 0 Å². The van der Waals surface area contributed by atoms with Gasteiger partial charge in [-0.1, -0.05) is 35.9 Å². The highest BCUT2D eigenvalue weighted by Gasteiger charge is 2.18. The molecule has 126 valence electrons. The van der Waals surface area contributed by atoms with E-state index in [1.807, 2.05) is 24.3 Å². The molecule has 0 aliphatic heterocycles. The summed E-state index contributed by atoms with van der Waals surface area (Å²) < 4.78 is 0. The maximum absolute atomic E-state index is 12.6. The Labute approximate surface area is 147 Å².